The summed E-state index contributed by atoms with van der Waals surface area (Å²) in [5, 5.41) is 30.8. The van der Waals surface area contributed by atoms with Crippen molar-refractivity contribution in [3.63, 3.8) is 0 Å². The highest BCUT2D eigenvalue weighted by molar-refractivity contribution is 7.85. The van der Waals surface area contributed by atoms with Crippen LogP contribution in [0.15, 0.2) is 39.5 Å². The Balaban J connectivity index is 0.000000588. The zero-order valence-electron chi connectivity index (χ0n) is 18.2. The number of halogens is 2. The second-order valence-electron chi connectivity index (χ2n) is 7.99. The van der Waals surface area contributed by atoms with Crippen molar-refractivity contribution in [2.24, 2.45) is 0 Å². The average Bonchev–Trinajstić information content (AvgIpc) is 3.08. The molecule has 184 valence electrons. The Bertz CT molecular complexity index is 1380. The molecule has 1 saturated heterocycles. The molecular weight excluding hydrogens is 493 g/mol. The smallest absolute Gasteiger partial charge is 0.261 e. The molecule has 4 rings (SSSR count). The van der Waals surface area contributed by atoms with Gasteiger partial charge in [0.15, 0.2) is 5.43 Å². The van der Waals surface area contributed by atoms with Gasteiger partial charge in [0.1, 0.15) is 34.0 Å². The largest absolute Gasteiger partial charge is 0.507 e. The lowest BCUT2D eigenvalue weighted by Crippen LogP contribution is -2.32. The first-order valence-electron chi connectivity index (χ1n) is 10.0. The molecule has 0 bridgehead atoms. The van der Waals surface area contributed by atoms with Crippen LogP contribution in [-0.2, 0) is 10.1 Å². The topological polar surface area (TPSA) is 149 Å². The van der Waals surface area contributed by atoms with Gasteiger partial charge in [0.25, 0.3) is 10.1 Å². The van der Waals surface area contributed by atoms with Crippen LogP contribution in [0.3, 0.4) is 0 Å². The van der Waals surface area contributed by atoms with Crippen molar-refractivity contribution in [2.75, 3.05) is 26.5 Å². The number of benzene rings is 2. The fourth-order valence-electron chi connectivity index (χ4n) is 4.11. The van der Waals surface area contributed by atoms with Crippen molar-refractivity contribution in [3.05, 3.63) is 57.0 Å². The number of aliphatic hydroxyl groups excluding tert-OH is 1. The maximum atomic E-state index is 13.7. The standard InChI is InChI=1S/C21H19ClFNO5.CH4O3S/c1-24-5-4-11(14(24)9-25)19-15(26)7-16(27)20-17(28)8-18(29-21(19)20)12-6-10(23)2-3-13(12)22;1-5(2,3)4/h2-3,6-8,11,14,25-27H,4-5,9H2,1H3;1H3,(H,2,3,4)/t11-,14+;/m1./s1. The van der Waals surface area contributed by atoms with Crippen LogP contribution in [0.2, 0.25) is 5.02 Å². The highest BCUT2D eigenvalue weighted by Crippen LogP contribution is 2.44. The van der Waals surface area contributed by atoms with Crippen LogP contribution in [-0.4, -0.2) is 65.7 Å². The summed E-state index contributed by atoms with van der Waals surface area (Å²) in [6, 6.07) is 5.64. The lowest BCUT2D eigenvalue weighted by atomic mass is 9.89. The number of aromatic hydroxyl groups is 2. The third-order valence-electron chi connectivity index (χ3n) is 5.57. The number of aliphatic hydroxyl groups is 1. The molecule has 2 heterocycles. The minimum atomic E-state index is -3.67. The molecule has 3 aromatic rings. The van der Waals surface area contributed by atoms with Gasteiger partial charge in [-0.3, -0.25) is 9.35 Å². The first-order chi connectivity index (χ1) is 15.8. The Labute approximate surface area is 199 Å². The Kier molecular flexibility index (Phi) is 7.53. The molecule has 12 heteroatoms. The summed E-state index contributed by atoms with van der Waals surface area (Å²) in [5.41, 5.74) is -0.0364. The fraction of sp³-hybridized carbons (Fsp3) is 0.318. The van der Waals surface area contributed by atoms with Crippen LogP contribution in [0.4, 0.5) is 4.39 Å². The van der Waals surface area contributed by atoms with Crippen molar-refractivity contribution in [1.82, 2.24) is 4.90 Å². The number of phenols is 2. The SMILES string of the molecule is CN1CC[C@@H](c2c(O)cc(O)c3c(=O)cc(-c4cc(F)ccc4Cl)oc23)[C@@H]1CO.CS(=O)(=O)O. The number of hydrogen-bond acceptors (Lipinski definition) is 8. The molecular formula is C22H23ClFNO8S. The van der Waals surface area contributed by atoms with Gasteiger partial charge >= 0.3 is 0 Å². The Morgan fingerprint density at radius 1 is 1.21 bits per heavy atom. The van der Waals surface area contributed by atoms with E-state index in [-0.39, 0.29) is 51.6 Å². The van der Waals surface area contributed by atoms with E-state index in [9.17, 15) is 32.9 Å². The fourth-order valence-corrected chi connectivity index (χ4v) is 4.32. The molecule has 1 aliphatic rings. The van der Waals surface area contributed by atoms with Crippen molar-refractivity contribution in [3.8, 4) is 22.8 Å². The second-order valence-corrected chi connectivity index (χ2v) is 9.86. The lowest BCUT2D eigenvalue weighted by Gasteiger charge is -2.24. The van der Waals surface area contributed by atoms with E-state index in [0.717, 1.165) is 18.2 Å². The summed E-state index contributed by atoms with van der Waals surface area (Å²) >= 11 is 6.16. The number of hydrogen-bond donors (Lipinski definition) is 4. The summed E-state index contributed by atoms with van der Waals surface area (Å²) in [7, 11) is -1.81. The summed E-state index contributed by atoms with van der Waals surface area (Å²) in [6.07, 6.45) is 1.33. The van der Waals surface area contributed by atoms with Gasteiger partial charge in [-0.15, -0.1) is 0 Å². The molecule has 0 spiro atoms. The molecule has 0 aliphatic carbocycles. The highest BCUT2D eigenvalue weighted by Gasteiger charge is 2.36. The summed E-state index contributed by atoms with van der Waals surface area (Å²) < 4.78 is 45.5. The second kappa shape index (κ2) is 9.88. The maximum Gasteiger partial charge on any atom is 0.261 e. The third-order valence-corrected chi connectivity index (χ3v) is 5.90. The van der Waals surface area contributed by atoms with Gasteiger partial charge in [0, 0.05) is 35.2 Å². The Morgan fingerprint density at radius 2 is 1.85 bits per heavy atom. The van der Waals surface area contributed by atoms with Crippen LogP contribution in [0.1, 0.15) is 17.9 Å². The van der Waals surface area contributed by atoms with Gasteiger partial charge in [-0.2, -0.15) is 8.42 Å². The van der Waals surface area contributed by atoms with E-state index in [4.69, 9.17) is 20.6 Å². The maximum absolute atomic E-state index is 13.7. The van der Waals surface area contributed by atoms with Crippen molar-refractivity contribution >= 4 is 32.7 Å². The van der Waals surface area contributed by atoms with E-state index in [1.165, 1.54) is 12.1 Å². The predicted molar refractivity (Wildman–Crippen MR) is 125 cm³/mol. The molecule has 1 aliphatic heterocycles. The number of likely N-dealkylation sites (tertiary alicyclic amines) is 1. The average molecular weight is 516 g/mol. The molecule has 0 saturated carbocycles. The molecule has 0 amide bonds. The minimum absolute atomic E-state index is 0.00378. The van der Waals surface area contributed by atoms with Crippen LogP contribution in [0, 0.1) is 5.82 Å². The molecule has 2 aromatic carbocycles. The van der Waals surface area contributed by atoms with Gasteiger partial charge in [0.2, 0.25) is 0 Å². The Morgan fingerprint density at radius 3 is 2.47 bits per heavy atom. The number of likely N-dealkylation sites (N-methyl/N-ethyl adjacent to an activating group) is 1. The van der Waals surface area contributed by atoms with E-state index >= 15 is 0 Å². The van der Waals surface area contributed by atoms with Crippen molar-refractivity contribution in [2.45, 2.75) is 18.4 Å². The molecule has 4 N–H and O–H groups in total. The molecule has 9 nitrogen and oxygen atoms in total. The van der Waals surface area contributed by atoms with Gasteiger partial charge in [0.05, 0.1) is 17.9 Å². The monoisotopic (exact) mass is 515 g/mol. The van der Waals surface area contributed by atoms with Gasteiger partial charge < -0.3 is 24.6 Å². The van der Waals surface area contributed by atoms with E-state index in [2.05, 4.69) is 0 Å². The minimum Gasteiger partial charge on any atom is -0.507 e. The van der Waals surface area contributed by atoms with E-state index in [1.54, 1.807) is 0 Å². The zero-order valence-corrected chi connectivity index (χ0v) is 19.8. The number of phenolic OH excluding ortho intramolecular Hbond substituents is 2. The van der Waals surface area contributed by atoms with E-state index in [0.29, 0.717) is 24.8 Å². The predicted octanol–water partition coefficient (Wildman–Crippen LogP) is 2.95. The van der Waals surface area contributed by atoms with E-state index in [1.807, 2.05) is 11.9 Å². The molecule has 2 atom stereocenters. The number of fused-ring (bicyclic) bond motifs is 1. The van der Waals surface area contributed by atoms with Crippen LogP contribution in [0.25, 0.3) is 22.3 Å². The first kappa shape index (κ1) is 25.9. The van der Waals surface area contributed by atoms with Gasteiger partial charge in [-0.1, -0.05) is 11.6 Å². The summed E-state index contributed by atoms with van der Waals surface area (Å²) in [4.78, 5) is 14.7. The highest BCUT2D eigenvalue weighted by atomic mass is 35.5. The van der Waals surface area contributed by atoms with Crippen molar-refractivity contribution in [1.29, 1.82) is 0 Å². The third kappa shape index (κ3) is 5.50. The first-order valence-corrected chi connectivity index (χ1v) is 12.3. The lowest BCUT2D eigenvalue weighted by molar-refractivity contribution is 0.172. The van der Waals surface area contributed by atoms with Gasteiger partial charge in [-0.05, 0) is 38.2 Å². The van der Waals surface area contributed by atoms with Crippen LogP contribution >= 0.6 is 11.6 Å². The number of nitrogens with zero attached hydrogens (tertiary/aromatic N) is 1. The number of rotatable bonds is 3. The quantitative estimate of drug-likeness (QED) is 0.386. The molecule has 0 radical (unpaired) electrons. The van der Waals surface area contributed by atoms with Crippen LogP contribution in [0.5, 0.6) is 11.5 Å². The van der Waals surface area contributed by atoms with E-state index < -0.39 is 27.1 Å². The molecule has 1 aromatic heterocycles. The molecule has 0 unspecified atom stereocenters. The summed E-state index contributed by atoms with van der Waals surface area (Å²) in [6.45, 7) is 0.528. The molecule has 1 fully saturated rings. The summed E-state index contributed by atoms with van der Waals surface area (Å²) in [5.74, 6) is -1.51. The van der Waals surface area contributed by atoms with Gasteiger partial charge in [-0.25, -0.2) is 4.39 Å². The normalized spacial score (nSPS) is 18.6. The van der Waals surface area contributed by atoms with Crippen LogP contribution < -0.4 is 5.43 Å². The zero-order chi connectivity index (χ0) is 25.4. The Hall–Kier alpha value is -2.70. The van der Waals surface area contributed by atoms with Crippen molar-refractivity contribution < 1.29 is 37.1 Å². The molecule has 34 heavy (non-hydrogen) atoms.